The number of hydrogen-bond acceptors (Lipinski definition) is 1. The number of hydrogen-bond donors (Lipinski definition) is 2. The van der Waals surface area contributed by atoms with E-state index in [-0.39, 0.29) is 6.03 Å². The Morgan fingerprint density at radius 2 is 1.71 bits per heavy atom. The largest absolute Gasteiger partial charge is 0.341 e. The second-order valence-corrected chi connectivity index (χ2v) is 5.07. The summed E-state index contributed by atoms with van der Waals surface area (Å²) in [5, 5.41) is 5.17. The molecule has 6 heteroatoms. The van der Waals surface area contributed by atoms with Crippen molar-refractivity contribution < 1.29 is 4.79 Å². The second kappa shape index (κ2) is 5.14. The zero-order chi connectivity index (χ0) is 10.7. The first kappa shape index (κ1) is 12.0. The summed E-state index contributed by atoms with van der Waals surface area (Å²) in [7, 11) is 1.57. The van der Waals surface area contributed by atoms with E-state index in [1.165, 1.54) is 0 Å². The third-order valence-corrected chi connectivity index (χ3v) is 3.18. The SMILES string of the molecule is CNC(=O)Nc1c(Br)cc(Br)cc1Br. The minimum Gasteiger partial charge on any atom is -0.341 e. The molecule has 2 N–H and O–H groups in total. The van der Waals surface area contributed by atoms with Crippen LogP contribution in [0, 0.1) is 0 Å². The van der Waals surface area contributed by atoms with Crippen molar-refractivity contribution in [2.24, 2.45) is 0 Å². The van der Waals surface area contributed by atoms with Crippen molar-refractivity contribution in [1.82, 2.24) is 5.32 Å². The zero-order valence-corrected chi connectivity index (χ0v) is 12.0. The predicted octanol–water partition coefficient (Wildman–Crippen LogP) is 3.73. The van der Waals surface area contributed by atoms with E-state index >= 15 is 0 Å². The molecule has 0 spiro atoms. The number of carbonyl (C=O) groups excluding carboxylic acids is 1. The molecule has 1 rings (SSSR count). The maximum Gasteiger partial charge on any atom is 0.319 e. The number of carbonyl (C=O) groups is 1. The standard InChI is InChI=1S/C8H7Br3N2O/c1-12-8(14)13-7-5(10)2-4(9)3-6(7)11/h2-3H,1H3,(H2,12,13,14). The fourth-order valence-corrected chi connectivity index (χ4v) is 3.29. The van der Waals surface area contributed by atoms with E-state index in [4.69, 9.17) is 0 Å². The van der Waals surface area contributed by atoms with Crippen LogP contribution in [-0.4, -0.2) is 13.1 Å². The molecule has 0 heterocycles. The van der Waals surface area contributed by atoms with Crippen molar-refractivity contribution in [2.45, 2.75) is 0 Å². The summed E-state index contributed by atoms with van der Waals surface area (Å²) >= 11 is 10.0. The van der Waals surface area contributed by atoms with E-state index in [0.29, 0.717) is 5.69 Å². The third-order valence-electron chi connectivity index (χ3n) is 1.47. The van der Waals surface area contributed by atoms with Crippen LogP contribution >= 0.6 is 47.8 Å². The van der Waals surface area contributed by atoms with Gasteiger partial charge in [0.25, 0.3) is 0 Å². The Labute approximate surface area is 107 Å². The van der Waals surface area contributed by atoms with Gasteiger partial charge in [0.2, 0.25) is 0 Å². The van der Waals surface area contributed by atoms with E-state index in [9.17, 15) is 4.79 Å². The fraction of sp³-hybridized carbons (Fsp3) is 0.125. The van der Waals surface area contributed by atoms with Gasteiger partial charge in [0.1, 0.15) is 0 Å². The molecule has 0 saturated carbocycles. The molecule has 2 amide bonds. The van der Waals surface area contributed by atoms with Crippen LogP contribution in [0.1, 0.15) is 0 Å². The summed E-state index contributed by atoms with van der Waals surface area (Å²) in [5.74, 6) is 0. The lowest BCUT2D eigenvalue weighted by Gasteiger charge is -2.09. The van der Waals surface area contributed by atoms with Gasteiger partial charge < -0.3 is 10.6 Å². The lowest BCUT2D eigenvalue weighted by molar-refractivity contribution is 0.254. The zero-order valence-electron chi connectivity index (χ0n) is 7.20. The van der Waals surface area contributed by atoms with Gasteiger partial charge in [-0.3, -0.25) is 0 Å². The average Bonchev–Trinajstić information content (AvgIpc) is 2.10. The monoisotopic (exact) mass is 384 g/mol. The Hall–Kier alpha value is -0.0700. The molecule has 0 aromatic heterocycles. The first-order chi connectivity index (χ1) is 6.54. The number of anilines is 1. The van der Waals surface area contributed by atoms with E-state index in [0.717, 1.165) is 13.4 Å². The van der Waals surface area contributed by atoms with E-state index in [1.807, 2.05) is 12.1 Å². The van der Waals surface area contributed by atoms with E-state index in [1.54, 1.807) is 7.05 Å². The van der Waals surface area contributed by atoms with Crippen LogP contribution in [0.3, 0.4) is 0 Å². The van der Waals surface area contributed by atoms with E-state index < -0.39 is 0 Å². The van der Waals surface area contributed by atoms with Gasteiger partial charge in [-0.15, -0.1) is 0 Å². The van der Waals surface area contributed by atoms with Crippen molar-refractivity contribution in [3.8, 4) is 0 Å². The maximum absolute atomic E-state index is 11.1. The lowest BCUT2D eigenvalue weighted by atomic mass is 10.3. The quantitative estimate of drug-likeness (QED) is 0.758. The van der Waals surface area contributed by atoms with Crippen molar-refractivity contribution in [3.63, 3.8) is 0 Å². The molecule has 0 radical (unpaired) electrons. The highest BCUT2D eigenvalue weighted by atomic mass is 79.9. The van der Waals surface area contributed by atoms with Crippen molar-refractivity contribution in [3.05, 3.63) is 25.6 Å². The number of urea groups is 1. The number of benzene rings is 1. The van der Waals surface area contributed by atoms with Crippen LogP contribution in [0.2, 0.25) is 0 Å². The van der Waals surface area contributed by atoms with Gasteiger partial charge in [0, 0.05) is 20.5 Å². The van der Waals surface area contributed by atoms with Gasteiger partial charge in [-0.1, -0.05) is 15.9 Å². The molecule has 0 fully saturated rings. The summed E-state index contributed by atoms with van der Waals surface area (Å²) in [6.07, 6.45) is 0. The minimum absolute atomic E-state index is 0.256. The minimum atomic E-state index is -0.256. The Balaban J connectivity index is 3.02. The van der Waals surface area contributed by atoms with Gasteiger partial charge >= 0.3 is 6.03 Å². The molecule has 76 valence electrons. The van der Waals surface area contributed by atoms with Crippen LogP contribution in [0.15, 0.2) is 25.6 Å². The number of amides is 2. The van der Waals surface area contributed by atoms with E-state index in [2.05, 4.69) is 58.4 Å². The topological polar surface area (TPSA) is 41.1 Å². The first-order valence-electron chi connectivity index (χ1n) is 3.68. The Morgan fingerprint density at radius 1 is 1.21 bits per heavy atom. The van der Waals surface area contributed by atoms with Crippen molar-refractivity contribution >= 4 is 59.5 Å². The Kier molecular flexibility index (Phi) is 4.40. The number of nitrogens with one attached hydrogen (secondary N) is 2. The molecule has 0 bridgehead atoms. The molecule has 1 aromatic rings. The summed E-state index contributed by atoms with van der Waals surface area (Å²) in [6, 6.07) is 3.46. The highest BCUT2D eigenvalue weighted by Gasteiger charge is 2.08. The van der Waals surface area contributed by atoms with Crippen LogP contribution in [0.4, 0.5) is 10.5 Å². The first-order valence-corrected chi connectivity index (χ1v) is 6.05. The normalized spacial score (nSPS) is 9.71. The summed E-state index contributed by atoms with van der Waals surface area (Å²) < 4.78 is 2.54. The molecule has 0 aliphatic carbocycles. The summed E-state index contributed by atoms with van der Waals surface area (Å²) in [4.78, 5) is 11.1. The maximum atomic E-state index is 11.1. The van der Waals surface area contributed by atoms with Gasteiger partial charge in [0.15, 0.2) is 0 Å². The molecular formula is C8H7Br3N2O. The van der Waals surface area contributed by atoms with Gasteiger partial charge in [-0.25, -0.2) is 4.79 Å². The van der Waals surface area contributed by atoms with Crippen LogP contribution in [-0.2, 0) is 0 Å². The van der Waals surface area contributed by atoms with Crippen LogP contribution in [0.25, 0.3) is 0 Å². The van der Waals surface area contributed by atoms with Crippen LogP contribution in [0.5, 0.6) is 0 Å². The molecule has 14 heavy (non-hydrogen) atoms. The fourth-order valence-electron chi connectivity index (χ4n) is 0.838. The summed E-state index contributed by atoms with van der Waals surface area (Å²) in [5.41, 5.74) is 0.701. The number of halogens is 3. The second-order valence-electron chi connectivity index (χ2n) is 2.45. The lowest BCUT2D eigenvalue weighted by Crippen LogP contribution is -2.24. The van der Waals surface area contributed by atoms with Gasteiger partial charge in [-0.2, -0.15) is 0 Å². The highest BCUT2D eigenvalue weighted by molar-refractivity contribution is 9.11. The predicted molar refractivity (Wildman–Crippen MR) is 67.6 cm³/mol. The Bertz CT molecular complexity index is 345. The molecule has 0 atom stereocenters. The summed E-state index contributed by atoms with van der Waals surface area (Å²) in [6.45, 7) is 0. The van der Waals surface area contributed by atoms with Crippen molar-refractivity contribution in [1.29, 1.82) is 0 Å². The molecule has 0 aliphatic rings. The molecule has 0 saturated heterocycles. The van der Waals surface area contributed by atoms with Gasteiger partial charge in [0.05, 0.1) is 5.69 Å². The molecular weight excluding hydrogens is 380 g/mol. The van der Waals surface area contributed by atoms with Crippen LogP contribution < -0.4 is 10.6 Å². The third kappa shape index (κ3) is 2.96. The molecule has 3 nitrogen and oxygen atoms in total. The highest BCUT2D eigenvalue weighted by Crippen LogP contribution is 2.34. The Morgan fingerprint density at radius 3 is 2.14 bits per heavy atom. The number of rotatable bonds is 1. The molecule has 1 aromatic carbocycles. The molecule has 0 unspecified atom stereocenters. The smallest absolute Gasteiger partial charge is 0.319 e. The molecule has 0 aliphatic heterocycles. The average molecular weight is 387 g/mol. The van der Waals surface area contributed by atoms with Crippen molar-refractivity contribution in [2.75, 3.05) is 12.4 Å². The van der Waals surface area contributed by atoms with Gasteiger partial charge in [-0.05, 0) is 44.0 Å².